The lowest BCUT2D eigenvalue weighted by Crippen LogP contribution is -2.59. The third-order valence-electron chi connectivity index (χ3n) is 5.76. The summed E-state index contributed by atoms with van der Waals surface area (Å²) in [6.07, 6.45) is 1.32. The van der Waals surface area contributed by atoms with Crippen molar-refractivity contribution in [2.75, 3.05) is 50.8 Å². The highest BCUT2D eigenvalue weighted by Crippen LogP contribution is 2.28. The number of hydrogen-bond donors (Lipinski definition) is 0. The molecule has 0 aliphatic carbocycles. The van der Waals surface area contributed by atoms with Crippen LogP contribution in [0.15, 0.2) is 36.5 Å². The third-order valence-corrected chi connectivity index (χ3v) is 7.96. The lowest BCUT2D eigenvalue weighted by atomic mass is 10.2. The summed E-state index contributed by atoms with van der Waals surface area (Å²) in [5.41, 5.74) is 0.864. The molecule has 2 aliphatic rings. The molecule has 0 saturated carbocycles. The van der Waals surface area contributed by atoms with E-state index in [-0.39, 0.29) is 22.8 Å². The maximum Gasteiger partial charge on any atom is 0.339 e. The van der Waals surface area contributed by atoms with E-state index in [0.717, 1.165) is 10.4 Å². The molecule has 1 aromatic heterocycles. The quantitative estimate of drug-likeness (QED) is 0.538. The molecule has 0 N–H and O–H groups in total. The molecule has 4 rings (SSSR count). The minimum atomic E-state index is -3.98. The molecule has 2 aliphatic heterocycles. The van der Waals surface area contributed by atoms with Crippen LogP contribution in [0.5, 0.6) is 0 Å². The number of methoxy groups -OCH3 is 1. The topological polar surface area (TPSA) is 92.3 Å². The van der Waals surface area contributed by atoms with Crippen molar-refractivity contribution >= 4 is 33.5 Å². The smallest absolute Gasteiger partial charge is 0.339 e. The fourth-order valence-corrected chi connectivity index (χ4v) is 5.48. The van der Waals surface area contributed by atoms with Crippen molar-refractivity contribution in [2.45, 2.75) is 12.6 Å². The molecule has 0 atom stereocenters. The number of carbonyl (C=O) groups is 1. The van der Waals surface area contributed by atoms with Crippen LogP contribution in [0.25, 0.3) is 0 Å². The minimum Gasteiger partial charge on any atom is -0.465 e. The van der Waals surface area contributed by atoms with Gasteiger partial charge in [0.25, 0.3) is 0 Å². The number of halogens is 2. The molecule has 9 nitrogen and oxygen atoms in total. The highest BCUT2D eigenvalue weighted by Gasteiger charge is 2.36. The number of rotatable bonds is 7. The fraction of sp³-hybridized carbons (Fsp3) is 0.429. The first kappa shape index (κ1) is 23.8. The fourth-order valence-electron chi connectivity index (χ4n) is 3.72. The number of nitrogens with zero attached hydrogens (tertiary/aromatic N) is 4. The van der Waals surface area contributed by atoms with Gasteiger partial charge in [-0.2, -0.15) is 12.7 Å². The van der Waals surface area contributed by atoms with Gasteiger partial charge in [0.05, 0.1) is 54.9 Å². The van der Waals surface area contributed by atoms with Gasteiger partial charge in [-0.15, -0.1) is 0 Å². The summed E-state index contributed by atoms with van der Waals surface area (Å²) in [6, 6.07) is 7.16. The number of pyridine rings is 1. The predicted molar refractivity (Wildman–Crippen MR) is 120 cm³/mol. The van der Waals surface area contributed by atoms with Crippen molar-refractivity contribution < 1.29 is 27.1 Å². The van der Waals surface area contributed by atoms with Gasteiger partial charge in [-0.25, -0.2) is 9.18 Å². The molecular formula is C21H24ClFN4O5S. The van der Waals surface area contributed by atoms with E-state index >= 15 is 0 Å². The highest BCUT2D eigenvalue weighted by atomic mass is 35.5. The van der Waals surface area contributed by atoms with E-state index in [0.29, 0.717) is 51.1 Å². The Morgan fingerprint density at radius 3 is 2.52 bits per heavy atom. The van der Waals surface area contributed by atoms with E-state index in [1.165, 1.54) is 35.8 Å². The van der Waals surface area contributed by atoms with Crippen LogP contribution in [0.3, 0.4) is 0 Å². The Kier molecular flexibility index (Phi) is 7.15. The van der Waals surface area contributed by atoms with E-state index in [1.807, 2.05) is 0 Å². The Hall–Kier alpha value is -2.31. The predicted octanol–water partition coefficient (Wildman–Crippen LogP) is 1.93. The molecule has 0 unspecified atom stereocenters. The zero-order chi connectivity index (χ0) is 23.6. The van der Waals surface area contributed by atoms with Crippen LogP contribution in [0, 0.1) is 5.82 Å². The summed E-state index contributed by atoms with van der Waals surface area (Å²) in [6.45, 7) is 3.04. The van der Waals surface area contributed by atoms with Crippen LogP contribution < -0.4 is 4.31 Å². The molecule has 2 saturated heterocycles. The second-order valence-corrected chi connectivity index (χ2v) is 10.0. The molecular weight excluding hydrogens is 475 g/mol. The lowest BCUT2D eigenvalue weighted by molar-refractivity contribution is -0.0721. The number of esters is 1. The summed E-state index contributed by atoms with van der Waals surface area (Å²) >= 11 is 5.95. The molecule has 0 radical (unpaired) electrons. The van der Waals surface area contributed by atoms with Crippen LogP contribution >= 0.6 is 11.6 Å². The van der Waals surface area contributed by atoms with Gasteiger partial charge in [0, 0.05) is 32.4 Å². The zero-order valence-corrected chi connectivity index (χ0v) is 19.6. The number of ether oxygens (including phenoxy) is 2. The Morgan fingerprint density at radius 1 is 1.24 bits per heavy atom. The highest BCUT2D eigenvalue weighted by molar-refractivity contribution is 7.90. The Morgan fingerprint density at radius 2 is 1.97 bits per heavy atom. The molecule has 0 spiro atoms. The van der Waals surface area contributed by atoms with Gasteiger partial charge >= 0.3 is 16.2 Å². The summed E-state index contributed by atoms with van der Waals surface area (Å²) < 4.78 is 53.5. The van der Waals surface area contributed by atoms with Crippen molar-refractivity contribution in [1.29, 1.82) is 0 Å². The molecule has 1 aromatic carbocycles. The van der Waals surface area contributed by atoms with Crippen LogP contribution in [0.4, 0.5) is 10.1 Å². The zero-order valence-electron chi connectivity index (χ0n) is 18.0. The molecule has 0 bridgehead atoms. The first-order valence-corrected chi connectivity index (χ1v) is 12.1. The Bertz CT molecular complexity index is 1110. The number of hydrogen-bond acceptors (Lipinski definition) is 7. The molecule has 2 fully saturated rings. The second kappa shape index (κ2) is 9.90. The van der Waals surface area contributed by atoms with Gasteiger partial charge in [-0.1, -0.05) is 11.6 Å². The Balaban J connectivity index is 1.59. The minimum absolute atomic E-state index is 0.123. The van der Waals surface area contributed by atoms with E-state index < -0.39 is 22.0 Å². The van der Waals surface area contributed by atoms with Crippen molar-refractivity contribution in [1.82, 2.24) is 14.2 Å². The number of benzene rings is 1. The molecule has 2 aromatic rings. The average Bonchev–Trinajstić information content (AvgIpc) is 2.78. The molecule has 3 heterocycles. The van der Waals surface area contributed by atoms with E-state index in [2.05, 4.69) is 14.6 Å². The number of carbonyl (C=O) groups excluding carboxylic acids is 1. The number of aromatic nitrogens is 1. The first-order valence-electron chi connectivity index (χ1n) is 10.4. The van der Waals surface area contributed by atoms with Gasteiger partial charge in [-0.05, 0) is 30.3 Å². The van der Waals surface area contributed by atoms with Crippen LogP contribution in [0.1, 0.15) is 16.1 Å². The largest absolute Gasteiger partial charge is 0.465 e. The molecule has 178 valence electrons. The van der Waals surface area contributed by atoms with Crippen molar-refractivity contribution in [3.8, 4) is 0 Å². The van der Waals surface area contributed by atoms with Gasteiger partial charge in [0.1, 0.15) is 5.82 Å². The van der Waals surface area contributed by atoms with Crippen LogP contribution in [-0.2, 0) is 26.2 Å². The van der Waals surface area contributed by atoms with Crippen molar-refractivity contribution in [2.24, 2.45) is 0 Å². The lowest BCUT2D eigenvalue weighted by Gasteiger charge is -2.43. The van der Waals surface area contributed by atoms with E-state index in [9.17, 15) is 17.6 Å². The van der Waals surface area contributed by atoms with Gasteiger partial charge in [0.2, 0.25) is 0 Å². The summed E-state index contributed by atoms with van der Waals surface area (Å²) in [5.74, 6) is -1.19. The maximum atomic E-state index is 13.8. The SMILES string of the molecule is COC(=O)c1ccc(CN(c2ccc(F)c(Cl)c2)S(=O)(=O)N2CCN(C3COC3)CC2)nc1. The van der Waals surface area contributed by atoms with Gasteiger partial charge in [0.15, 0.2) is 0 Å². The Labute approximate surface area is 196 Å². The summed E-state index contributed by atoms with van der Waals surface area (Å²) in [7, 11) is -2.71. The summed E-state index contributed by atoms with van der Waals surface area (Å²) in [4.78, 5) is 18.1. The summed E-state index contributed by atoms with van der Waals surface area (Å²) in [5, 5.41) is -0.184. The monoisotopic (exact) mass is 498 g/mol. The third kappa shape index (κ3) is 5.12. The average molecular weight is 499 g/mol. The molecule has 0 amide bonds. The van der Waals surface area contributed by atoms with E-state index in [4.69, 9.17) is 16.3 Å². The maximum absolute atomic E-state index is 13.8. The van der Waals surface area contributed by atoms with Crippen molar-refractivity contribution in [3.63, 3.8) is 0 Å². The number of anilines is 1. The van der Waals surface area contributed by atoms with Crippen LogP contribution in [-0.4, -0.2) is 81.1 Å². The van der Waals surface area contributed by atoms with Crippen molar-refractivity contribution in [3.05, 3.63) is 58.6 Å². The standard InChI is InChI=1S/C21H24ClFN4O5S/c1-31-21(28)15-2-3-16(24-11-15)12-27(17-4-5-20(23)19(22)10-17)33(29,30)26-8-6-25(7-9-26)18-13-32-14-18/h2-5,10-11,18H,6-9,12-14H2,1H3. The second-order valence-electron chi connectivity index (χ2n) is 7.77. The van der Waals surface area contributed by atoms with Gasteiger partial charge < -0.3 is 9.47 Å². The van der Waals surface area contributed by atoms with Gasteiger partial charge in [-0.3, -0.25) is 14.2 Å². The van der Waals surface area contributed by atoms with E-state index in [1.54, 1.807) is 6.07 Å². The first-order chi connectivity index (χ1) is 15.8. The number of piperazine rings is 1. The molecule has 33 heavy (non-hydrogen) atoms. The normalized spacial score (nSPS) is 18.0. The molecule has 12 heteroatoms. The van der Waals surface area contributed by atoms with Crippen LogP contribution in [0.2, 0.25) is 5.02 Å².